The molecule has 1 spiro atoms. The quantitative estimate of drug-likeness (QED) is 0.822. The summed E-state index contributed by atoms with van der Waals surface area (Å²) in [5.74, 6) is 0.115. The molecule has 1 atom stereocenters. The maximum atomic E-state index is 12.6. The van der Waals surface area contributed by atoms with E-state index in [4.69, 9.17) is 4.74 Å². The van der Waals surface area contributed by atoms with Crippen LogP contribution in [0.3, 0.4) is 0 Å². The molecule has 0 aliphatic carbocycles. The number of carbonyl (C=O) groups is 1. The van der Waals surface area contributed by atoms with Crippen LogP contribution in [0.15, 0.2) is 10.9 Å². The second-order valence-electron chi connectivity index (χ2n) is 6.37. The van der Waals surface area contributed by atoms with Gasteiger partial charge in [-0.25, -0.2) is 18.3 Å². The zero-order valence-corrected chi connectivity index (χ0v) is 13.4. The zero-order chi connectivity index (χ0) is 17.8. The monoisotopic (exact) mass is 354 g/mol. The van der Waals surface area contributed by atoms with E-state index in [1.54, 1.807) is 11.6 Å². The van der Waals surface area contributed by atoms with Crippen molar-refractivity contribution >= 4 is 5.91 Å². The van der Waals surface area contributed by atoms with E-state index in [1.807, 2.05) is 0 Å². The predicted octanol–water partition coefficient (Wildman–Crippen LogP) is 0.0576. The lowest BCUT2D eigenvalue weighted by atomic mass is 10.0. The van der Waals surface area contributed by atoms with Crippen molar-refractivity contribution in [3.05, 3.63) is 33.8 Å². The Hall–Kier alpha value is -2.56. The molecule has 1 unspecified atom stereocenters. The minimum Gasteiger partial charge on any atom is -0.363 e. The van der Waals surface area contributed by atoms with Gasteiger partial charge in [-0.1, -0.05) is 0 Å². The molecule has 2 aromatic rings. The van der Waals surface area contributed by atoms with Crippen molar-refractivity contribution in [2.75, 3.05) is 13.1 Å². The van der Waals surface area contributed by atoms with Gasteiger partial charge in [0.25, 0.3) is 12.3 Å². The van der Waals surface area contributed by atoms with Crippen LogP contribution in [-0.2, 0) is 24.9 Å². The fraction of sp³-hybridized carbons (Fsp3) is 0.571. The van der Waals surface area contributed by atoms with Gasteiger partial charge in [0.05, 0.1) is 13.1 Å². The highest BCUT2D eigenvalue weighted by Gasteiger charge is 2.45. The molecule has 1 amide bonds. The summed E-state index contributed by atoms with van der Waals surface area (Å²) < 4.78 is 34.0. The van der Waals surface area contributed by atoms with Crippen molar-refractivity contribution in [2.45, 2.75) is 31.6 Å². The van der Waals surface area contributed by atoms with Crippen molar-refractivity contribution in [2.24, 2.45) is 7.05 Å². The molecule has 0 saturated carbocycles. The van der Waals surface area contributed by atoms with Gasteiger partial charge < -0.3 is 9.64 Å². The van der Waals surface area contributed by atoms with Crippen molar-refractivity contribution in [3.8, 4) is 0 Å². The number of carbonyl (C=O) groups excluding carboxylic acids is 1. The number of aromatic nitrogens is 5. The Morgan fingerprint density at radius 3 is 2.96 bits per heavy atom. The molecule has 1 saturated heterocycles. The predicted molar refractivity (Wildman–Crippen MR) is 79.1 cm³/mol. The van der Waals surface area contributed by atoms with Crippen LogP contribution in [-0.4, -0.2) is 54.0 Å². The summed E-state index contributed by atoms with van der Waals surface area (Å²) in [6, 6.07) is 1.06. The molecule has 4 rings (SSSR count). The largest absolute Gasteiger partial charge is 0.363 e. The van der Waals surface area contributed by atoms with Gasteiger partial charge in [0, 0.05) is 13.6 Å². The highest BCUT2D eigenvalue weighted by Crippen LogP contribution is 2.32. The molecule has 25 heavy (non-hydrogen) atoms. The average molecular weight is 354 g/mol. The maximum absolute atomic E-state index is 12.6. The number of aromatic amines is 1. The Balaban J connectivity index is 1.52. The van der Waals surface area contributed by atoms with Gasteiger partial charge in [0.15, 0.2) is 11.5 Å². The molecule has 2 aliphatic rings. The molecular weight excluding hydrogens is 338 g/mol. The van der Waals surface area contributed by atoms with Crippen LogP contribution in [0.5, 0.6) is 0 Å². The maximum Gasteiger partial charge on any atom is 0.345 e. The second-order valence-corrected chi connectivity index (χ2v) is 6.37. The van der Waals surface area contributed by atoms with E-state index in [1.165, 1.54) is 9.58 Å². The van der Waals surface area contributed by atoms with E-state index in [0.29, 0.717) is 25.3 Å². The summed E-state index contributed by atoms with van der Waals surface area (Å²) in [6.07, 6.45) is -2.16. The fourth-order valence-electron chi connectivity index (χ4n) is 3.36. The first kappa shape index (κ1) is 15.9. The molecule has 2 aromatic heterocycles. The molecule has 9 nitrogen and oxygen atoms in total. The Morgan fingerprint density at radius 2 is 2.24 bits per heavy atom. The van der Waals surface area contributed by atoms with E-state index in [0.717, 1.165) is 6.07 Å². The van der Waals surface area contributed by atoms with Gasteiger partial charge >= 0.3 is 5.69 Å². The Labute approximate surface area is 140 Å². The van der Waals surface area contributed by atoms with E-state index in [2.05, 4.69) is 15.3 Å². The molecule has 2 aliphatic heterocycles. The lowest BCUT2D eigenvalue weighted by Crippen LogP contribution is -2.47. The smallest absolute Gasteiger partial charge is 0.345 e. The minimum atomic E-state index is -2.71. The molecule has 1 fully saturated rings. The first-order chi connectivity index (χ1) is 11.9. The minimum absolute atomic E-state index is 0.0533. The van der Waals surface area contributed by atoms with E-state index >= 15 is 0 Å². The number of amides is 1. The van der Waals surface area contributed by atoms with Crippen LogP contribution in [0, 0.1) is 0 Å². The number of hydrogen-bond donors (Lipinski definition) is 1. The van der Waals surface area contributed by atoms with Gasteiger partial charge in [-0.15, -0.1) is 0 Å². The van der Waals surface area contributed by atoms with Gasteiger partial charge in [-0.2, -0.15) is 10.2 Å². The Bertz CT molecular complexity index is 888. The second kappa shape index (κ2) is 5.48. The van der Waals surface area contributed by atoms with Crippen LogP contribution < -0.4 is 5.69 Å². The van der Waals surface area contributed by atoms with Crippen LogP contribution in [0.1, 0.15) is 34.9 Å². The number of nitrogens with zero attached hydrogens (tertiary/aromatic N) is 5. The molecular formula is C14H16F2N6O3. The van der Waals surface area contributed by atoms with Crippen molar-refractivity contribution in [3.63, 3.8) is 0 Å². The molecule has 0 radical (unpaired) electrons. The topological polar surface area (TPSA) is 98.0 Å². The molecule has 4 heterocycles. The van der Waals surface area contributed by atoms with Gasteiger partial charge in [0.2, 0.25) is 0 Å². The first-order valence-electron chi connectivity index (χ1n) is 7.78. The Morgan fingerprint density at radius 1 is 1.44 bits per heavy atom. The molecule has 134 valence electrons. The standard InChI is InChI=1S/C14H16F2N6O3/c1-20-13(24)22-7-14(25-5-10(22)19-20)2-3-21(6-14)12(23)9-4-8(11(15)16)17-18-9/h4,11H,2-3,5-7H2,1H3,(H,17,18). The summed E-state index contributed by atoms with van der Waals surface area (Å²) in [7, 11) is 1.57. The summed E-state index contributed by atoms with van der Waals surface area (Å²) >= 11 is 0. The number of likely N-dealkylation sites (tertiary alicyclic amines) is 1. The third kappa shape index (κ3) is 2.54. The van der Waals surface area contributed by atoms with Crippen molar-refractivity contribution < 1.29 is 18.3 Å². The van der Waals surface area contributed by atoms with E-state index < -0.39 is 23.6 Å². The summed E-state index contributed by atoms with van der Waals surface area (Å²) in [5, 5.41) is 9.93. The third-order valence-corrected chi connectivity index (χ3v) is 4.69. The number of ether oxygens (including phenoxy) is 1. The molecule has 0 bridgehead atoms. The molecule has 11 heteroatoms. The lowest BCUT2D eigenvalue weighted by Gasteiger charge is -2.33. The van der Waals surface area contributed by atoms with Crippen LogP contribution in [0.25, 0.3) is 0 Å². The van der Waals surface area contributed by atoms with E-state index in [9.17, 15) is 18.4 Å². The normalized spacial score (nSPS) is 22.8. The van der Waals surface area contributed by atoms with Crippen LogP contribution >= 0.6 is 0 Å². The van der Waals surface area contributed by atoms with Crippen molar-refractivity contribution in [1.82, 2.24) is 29.4 Å². The first-order valence-corrected chi connectivity index (χ1v) is 7.78. The number of hydrogen-bond acceptors (Lipinski definition) is 5. The molecule has 1 N–H and O–H groups in total. The average Bonchev–Trinajstić information content (AvgIpc) is 3.28. The number of aryl methyl sites for hydroxylation is 1. The number of alkyl halides is 2. The van der Waals surface area contributed by atoms with E-state index in [-0.39, 0.29) is 24.5 Å². The SMILES string of the molecule is Cn1nc2n(c1=O)CC1(CCN(C(=O)c3cc(C(F)F)[nH]n3)C1)OC2. The van der Waals surface area contributed by atoms with Crippen LogP contribution in [0.4, 0.5) is 8.78 Å². The molecule has 0 aromatic carbocycles. The van der Waals surface area contributed by atoms with Crippen molar-refractivity contribution in [1.29, 1.82) is 0 Å². The summed E-state index contributed by atoms with van der Waals surface area (Å²) in [6.45, 7) is 1.17. The van der Waals surface area contributed by atoms with Gasteiger partial charge in [0.1, 0.15) is 17.9 Å². The number of halogens is 2. The third-order valence-electron chi connectivity index (χ3n) is 4.69. The van der Waals surface area contributed by atoms with Gasteiger partial charge in [-0.3, -0.25) is 14.5 Å². The highest BCUT2D eigenvalue weighted by atomic mass is 19.3. The van der Waals surface area contributed by atoms with Crippen LogP contribution in [0.2, 0.25) is 0 Å². The Kier molecular flexibility index (Phi) is 3.49. The number of H-pyrrole nitrogens is 1. The summed E-state index contributed by atoms with van der Waals surface area (Å²) in [4.78, 5) is 26.1. The highest BCUT2D eigenvalue weighted by molar-refractivity contribution is 5.92. The number of rotatable bonds is 2. The zero-order valence-electron chi connectivity index (χ0n) is 13.4. The van der Waals surface area contributed by atoms with Gasteiger partial charge in [-0.05, 0) is 12.5 Å². The fourth-order valence-corrected chi connectivity index (χ4v) is 3.36. The summed E-state index contributed by atoms with van der Waals surface area (Å²) in [5.41, 5.74) is -1.34. The number of fused-ring (bicyclic) bond motifs is 1. The lowest BCUT2D eigenvalue weighted by molar-refractivity contribution is -0.0816. The number of nitrogens with one attached hydrogen (secondary N) is 1.